The minimum Gasteiger partial charge on any atom is -0.324 e. The number of aromatic nitrogens is 1. The third-order valence-corrected chi connectivity index (χ3v) is 10.4. The molecule has 0 radical (unpaired) electrons. The van der Waals surface area contributed by atoms with E-state index in [9.17, 15) is 29.3 Å². The topological polar surface area (TPSA) is 132 Å². The maximum absolute atomic E-state index is 13.9. The van der Waals surface area contributed by atoms with E-state index in [-0.39, 0.29) is 22.9 Å². The lowest BCUT2D eigenvalue weighted by Gasteiger charge is -2.30. The molecule has 1 fully saturated rings. The molecule has 42 heavy (non-hydrogen) atoms. The molecular formula is C28H18Cl2N4O6S2. The number of hydrogen-bond acceptors (Lipinski definition) is 8. The maximum Gasteiger partial charge on any atom is 0.308 e. The molecule has 0 spiro atoms. The number of carbonyl (C=O) groups excluding carboxylic acids is 3. The second-order valence-corrected chi connectivity index (χ2v) is 12.5. The van der Waals surface area contributed by atoms with E-state index in [0.717, 1.165) is 33.6 Å². The fourth-order valence-corrected chi connectivity index (χ4v) is 8.24. The fourth-order valence-electron chi connectivity index (χ4n) is 5.17. The zero-order valence-corrected chi connectivity index (χ0v) is 24.4. The molecule has 2 unspecified atom stereocenters. The van der Waals surface area contributed by atoms with Crippen LogP contribution < -0.4 is 15.1 Å². The number of imide groups is 1. The number of halogens is 2. The van der Waals surface area contributed by atoms with Gasteiger partial charge in [-0.05, 0) is 35.9 Å². The number of nitro groups is 1. The van der Waals surface area contributed by atoms with Crippen LogP contribution >= 0.6 is 46.3 Å². The Kier molecular flexibility index (Phi) is 7.39. The van der Waals surface area contributed by atoms with Crippen molar-refractivity contribution in [3.63, 3.8) is 0 Å². The van der Waals surface area contributed by atoms with Gasteiger partial charge in [0.25, 0.3) is 5.69 Å². The summed E-state index contributed by atoms with van der Waals surface area (Å²) in [6.45, 7) is -0.328. The first-order valence-electron chi connectivity index (χ1n) is 12.5. The Labute approximate surface area is 256 Å². The molecule has 1 saturated heterocycles. The predicted octanol–water partition coefficient (Wildman–Crippen LogP) is 5.56. The summed E-state index contributed by atoms with van der Waals surface area (Å²) < 4.78 is 1.32. The van der Waals surface area contributed by atoms with Gasteiger partial charge in [-0.2, -0.15) is 0 Å². The number of thiazole rings is 1. The Hall–Kier alpha value is -3.97. The summed E-state index contributed by atoms with van der Waals surface area (Å²) in [5.41, 5.74) is 1.20. The number of anilines is 2. The Morgan fingerprint density at radius 2 is 1.67 bits per heavy atom. The number of thioether (sulfide) groups is 1. The average Bonchev–Trinajstić information content (AvgIpc) is 3.41. The Morgan fingerprint density at radius 3 is 2.33 bits per heavy atom. The SMILES string of the molecule is O=C(Cn1c2c(sc1=O)[C@H](c1ccccc1)C1C(=O)N(c3ccc([N+](=O)[O-])cc3)C(=O)C1S2)Nc1ccc(Cl)c(Cl)c1. The van der Waals surface area contributed by atoms with Crippen LogP contribution in [0.2, 0.25) is 10.0 Å². The summed E-state index contributed by atoms with van der Waals surface area (Å²) in [5.74, 6) is -2.90. The highest BCUT2D eigenvalue weighted by Crippen LogP contribution is 2.53. The first-order chi connectivity index (χ1) is 20.1. The fraction of sp³-hybridized carbons (Fsp3) is 0.143. The Balaban J connectivity index is 1.37. The third kappa shape index (κ3) is 4.90. The van der Waals surface area contributed by atoms with Crippen molar-refractivity contribution in [2.75, 3.05) is 10.2 Å². The highest BCUT2D eigenvalue weighted by atomic mass is 35.5. The molecular weight excluding hydrogens is 623 g/mol. The normalized spacial score (nSPS) is 19.4. The van der Waals surface area contributed by atoms with Crippen molar-refractivity contribution in [1.29, 1.82) is 0 Å². The molecule has 0 aliphatic carbocycles. The van der Waals surface area contributed by atoms with Crippen molar-refractivity contribution in [3.8, 4) is 0 Å². The molecule has 10 nitrogen and oxygen atoms in total. The maximum atomic E-state index is 13.9. The van der Waals surface area contributed by atoms with Crippen LogP contribution in [0, 0.1) is 16.0 Å². The van der Waals surface area contributed by atoms with E-state index in [0.29, 0.717) is 20.6 Å². The summed E-state index contributed by atoms with van der Waals surface area (Å²) in [6.07, 6.45) is 0. The van der Waals surface area contributed by atoms with Gasteiger partial charge in [0.2, 0.25) is 17.7 Å². The van der Waals surface area contributed by atoms with Gasteiger partial charge in [0.15, 0.2) is 0 Å². The van der Waals surface area contributed by atoms with Crippen molar-refractivity contribution >= 4 is 81.1 Å². The predicted molar refractivity (Wildman–Crippen MR) is 161 cm³/mol. The van der Waals surface area contributed by atoms with Gasteiger partial charge in [0.05, 0.1) is 31.6 Å². The van der Waals surface area contributed by atoms with Gasteiger partial charge in [-0.1, -0.05) is 76.6 Å². The van der Waals surface area contributed by atoms with E-state index in [1.54, 1.807) is 6.07 Å². The first-order valence-corrected chi connectivity index (χ1v) is 14.9. The molecule has 14 heteroatoms. The standard InChI is InChI=1S/C28H18Cl2N4O6S2/c29-18-11-6-15(12-19(18)30)31-20(35)13-32-27-24(42-28(32)38)21(14-4-2-1-3-5-14)22-23(41-27)26(37)33(25(22)36)16-7-9-17(10-8-16)34(39)40/h1-12,21-23H,13H2,(H,31,35)/t21-,22?,23?/m1/s1. The highest BCUT2D eigenvalue weighted by Gasteiger charge is 2.56. The first kappa shape index (κ1) is 28.2. The molecule has 3 aromatic carbocycles. The largest absolute Gasteiger partial charge is 0.324 e. The van der Waals surface area contributed by atoms with E-state index in [1.165, 1.54) is 41.0 Å². The lowest BCUT2D eigenvalue weighted by atomic mass is 9.83. The van der Waals surface area contributed by atoms with Gasteiger partial charge in [-0.25, -0.2) is 4.90 Å². The summed E-state index contributed by atoms with van der Waals surface area (Å²) >= 11 is 14.0. The number of nitrogens with zero attached hydrogens (tertiary/aromatic N) is 3. The van der Waals surface area contributed by atoms with Crippen molar-refractivity contribution in [1.82, 2.24) is 4.57 Å². The minimum atomic E-state index is -0.885. The lowest BCUT2D eigenvalue weighted by molar-refractivity contribution is -0.384. The van der Waals surface area contributed by atoms with Crippen LogP contribution in [0.5, 0.6) is 0 Å². The van der Waals surface area contributed by atoms with Gasteiger partial charge in [0, 0.05) is 28.6 Å². The second-order valence-electron chi connectivity index (χ2n) is 9.54. The Bertz CT molecular complexity index is 1830. The van der Waals surface area contributed by atoms with E-state index >= 15 is 0 Å². The smallest absolute Gasteiger partial charge is 0.308 e. The quantitative estimate of drug-likeness (QED) is 0.166. The van der Waals surface area contributed by atoms with Crippen LogP contribution in [0.3, 0.4) is 0 Å². The second kappa shape index (κ2) is 11.0. The molecule has 2 aliphatic heterocycles. The molecule has 1 aromatic heterocycles. The van der Waals surface area contributed by atoms with Crippen molar-refractivity contribution in [2.45, 2.75) is 22.7 Å². The number of nitrogens with one attached hydrogen (secondary N) is 1. The number of benzene rings is 3. The van der Waals surface area contributed by atoms with E-state index in [1.807, 2.05) is 30.3 Å². The van der Waals surface area contributed by atoms with Crippen molar-refractivity contribution < 1.29 is 19.3 Å². The molecule has 3 amide bonds. The van der Waals surface area contributed by atoms with E-state index in [4.69, 9.17) is 23.2 Å². The molecule has 4 aromatic rings. The van der Waals surface area contributed by atoms with Crippen LogP contribution in [-0.4, -0.2) is 32.5 Å². The molecule has 3 atom stereocenters. The average molecular weight is 642 g/mol. The summed E-state index contributed by atoms with van der Waals surface area (Å²) in [6, 6.07) is 18.9. The van der Waals surface area contributed by atoms with Crippen LogP contribution in [0.25, 0.3) is 0 Å². The molecule has 0 bridgehead atoms. The van der Waals surface area contributed by atoms with Crippen LogP contribution in [0.1, 0.15) is 16.4 Å². The molecule has 1 N–H and O–H groups in total. The number of fused-ring (bicyclic) bond motifs is 2. The van der Waals surface area contributed by atoms with E-state index in [2.05, 4.69) is 5.32 Å². The Morgan fingerprint density at radius 1 is 0.952 bits per heavy atom. The number of hydrogen-bond donors (Lipinski definition) is 1. The molecule has 6 rings (SSSR count). The van der Waals surface area contributed by atoms with Gasteiger partial charge in [-0.3, -0.25) is 33.9 Å². The van der Waals surface area contributed by atoms with Gasteiger partial charge >= 0.3 is 4.87 Å². The number of non-ortho nitro benzene ring substituents is 1. The summed E-state index contributed by atoms with van der Waals surface area (Å²) in [5, 5.41) is 14.0. The zero-order chi connectivity index (χ0) is 29.7. The summed E-state index contributed by atoms with van der Waals surface area (Å²) in [4.78, 5) is 65.7. The monoisotopic (exact) mass is 640 g/mol. The minimum absolute atomic E-state index is 0.169. The molecule has 3 heterocycles. The lowest BCUT2D eigenvalue weighted by Crippen LogP contribution is -2.33. The van der Waals surface area contributed by atoms with E-state index < -0.39 is 44.6 Å². The van der Waals surface area contributed by atoms with Gasteiger partial charge < -0.3 is 5.32 Å². The van der Waals surface area contributed by atoms with Crippen LogP contribution in [-0.2, 0) is 20.9 Å². The number of amides is 3. The molecule has 0 saturated carbocycles. The van der Waals surface area contributed by atoms with Crippen LogP contribution in [0.15, 0.2) is 82.6 Å². The van der Waals surface area contributed by atoms with Gasteiger partial charge in [-0.15, -0.1) is 0 Å². The molecule has 212 valence electrons. The number of nitro benzene ring substituents is 1. The summed E-state index contributed by atoms with van der Waals surface area (Å²) in [7, 11) is 0. The van der Waals surface area contributed by atoms with Gasteiger partial charge in [0.1, 0.15) is 11.8 Å². The van der Waals surface area contributed by atoms with Crippen LogP contribution in [0.4, 0.5) is 17.1 Å². The molecule has 2 aliphatic rings. The van der Waals surface area contributed by atoms with Crippen molar-refractivity contribution in [3.05, 3.63) is 113 Å². The zero-order valence-electron chi connectivity index (χ0n) is 21.2. The van der Waals surface area contributed by atoms with Crippen molar-refractivity contribution in [2.24, 2.45) is 5.92 Å². The number of carbonyl (C=O) groups is 3. The third-order valence-electron chi connectivity index (χ3n) is 7.03. The highest BCUT2D eigenvalue weighted by molar-refractivity contribution is 8.00. The number of rotatable bonds is 6.